The molecule has 0 fully saturated rings. The Morgan fingerprint density at radius 2 is 1.50 bits per heavy atom. The summed E-state index contributed by atoms with van der Waals surface area (Å²) in [6.07, 6.45) is 1.75. The molecule has 0 unspecified atom stereocenters. The first-order valence-corrected chi connectivity index (χ1v) is 17.1. The third kappa shape index (κ3) is 8.87. The van der Waals surface area contributed by atoms with Gasteiger partial charge >= 0.3 is 0 Å². The van der Waals surface area contributed by atoms with Crippen LogP contribution < -0.4 is 9.62 Å². The molecule has 0 heterocycles. The summed E-state index contributed by atoms with van der Waals surface area (Å²) in [7, 11) is -4.36. The Balaban J connectivity index is 1.82. The van der Waals surface area contributed by atoms with Gasteiger partial charge in [-0.3, -0.25) is 13.9 Å². The lowest BCUT2D eigenvalue weighted by molar-refractivity contribution is -0.140. The molecule has 1 N–H and O–H groups in total. The van der Waals surface area contributed by atoms with Crippen LogP contribution in [-0.4, -0.2) is 44.3 Å². The number of aryl methyl sites for hydroxylation is 1. The Labute approximate surface area is 280 Å². The molecule has 0 radical (unpaired) electrons. The number of carbonyl (C=O) groups is 2. The predicted octanol–water partition coefficient (Wildman–Crippen LogP) is 7.19. The molecule has 46 heavy (non-hydrogen) atoms. The summed E-state index contributed by atoms with van der Waals surface area (Å²) < 4.78 is 42.8. The van der Waals surface area contributed by atoms with Gasteiger partial charge in [0.1, 0.15) is 18.4 Å². The molecule has 1 atom stereocenters. The second-order valence-corrected chi connectivity index (χ2v) is 13.5. The number of rotatable bonds is 14. The maximum Gasteiger partial charge on any atom is 0.264 e. The lowest BCUT2D eigenvalue weighted by Crippen LogP contribution is -2.53. The summed E-state index contributed by atoms with van der Waals surface area (Å²) in [6.45, 7) is 3.45. The second kappa shape index (κ2) is 16.1. The summed E-state index contributed by atoms with van der Waals surface area (Å²) in [6, 6.07) is 24.2. The van der Waals surface area contributed by atoms with Gasteiger partial charge in [0.2, 0.25) is 11.8 Å². The highest BCUT2D eigenvalue weighted by atomic mass is 35.5. The van der Waals surface area contributed by atoms with Crippen LogP contribution in [0.4, 0.5) is 10.1 Å². The average molecular weight is 685 g/mol. The highest BCUT2D eigenvalue weighted by Crippen LogP contribution is 2.29. The molecule has 0 saturated carbocycles. The van der Waals surface area contributed by atoms with E-state index < -0.39 is 40.2 Å². The highest BCUT2D eigenvalue weighted by Gasteiger charge is 2.35. The molecule has 11 heteroatoms. The van der Waals surface area contributed by atoms with Crippen LogP contribution >= 0.6 is 23.2 Å². The normalized spacial score (nSPS) is 11.9. The zero-order valence-corrected chi connectivity index (χ0v) is 28.0. The standard InChI is InChI=1S/C35H36Cl2FN3O4S/c1-3-4-21-39-35(43)33(22-26-9-6-5-7-10-26)40(23-30-31(36)11-8-12-32(30)37)34(42)24-41(28-17-13-25(2)14-18-28)46(44,45)29-19-15-27(38)16-20-29/h5-20,33H,3-4,21-24H2,1-2H3,(H,39,43)/t33-/m1/s1. The minimum Gasteiger partial charge on any atom is -0.354 e. The number of amides is 2. The number of nitrogens with one attached hydrogen (secondary N) is 1. The van der Waals surface area contributed by atoms with Crippen molar-refractivity contribution >= 4 is 50.7 Å². The van der Waals surface area contributed by atoms with Crippen molar-refractivity contribution in [3.8, 4) is 0 Å². The van der Waals surface area contributed by atoms with Crippen molar-refractivity contribution < 1.29 is 22.4 Å². The molecule has 0 bridgehead atoms. The van der Waals surface area contributed by atoms with Gasteiger partial charge in [-0.2, -0.15) is 0 Å². The fraction of sp³-hybridized carbons (Fsp3) is 0.257. The lowest BCUT2D eigenvalue weighted by atomic mass is 10.0. The van der Waals surface area contributed by atoms with Crippen molar-refractivity contribution in [3.63, 3.8) is 0 Å². The van der Waals surface area contributed by atoms with Gasteiger partial charge in [-0.05, 0) is 67.4 Å². The van der Waals surface area contributed by atoms with Crippen LogP contribution in [0.2, 0.25) is 10.0 Å². The van der Waals surface area contributed by atoms with Crippen LogP contribution in [0, 0.1) is 12.7 Å². The molecule has 0 aliphatic heterocycles. The predicted molar refractivity (Wildman–Crippen MR) is 181 cm³/mol. The van der Waals surface area contributed by atoms with E-state index in [0.717, 1.165) is 52.5 Å². The maximum atomic E-state index is 14.5. The van der Waals surface area contributed by atoms with E-state index in [-0.39, 0.29) is 23.5 Å². The van der Waals surface area contributed by atoms with E-state index in [4.69, 9.17) is 23.2 Å². The Morgan fingerprint density at radius 3 is 2.11 bits per heavy atom. The van der Waals surface area contributed by atoms with Crippen molar-refractivity contribution in [2.45, 2.75) is 50.6 Å². The number of halogens is 3. The van der Waals surface area contributed by atoms with Gasteiger partial charge < -0.3 is 10.2 Å². The molecular formula is C35H36Cl2FN3O4S. The van der Waals surface area contributed by atoms with Crippen molar-refractivity contribution in [3.05, 3.63) is 130 Å². The molecule has 0 spiro atoms. The van der Waals surface area contributed by atoms with E-state index in [0.29, 0.717) is 22.2 Å². The van der Waals surface area contributed by atoms with Crippen molar-refractivity contribution in [1.82, 2.24) is 10.2 Å². The van der Waals surface area contributed by atoms with Crippen LogP contribution in [0.25, 0.3) is 0 Å². The topological polar surface area (TPSA) is 86.8 Å². The SMILES string of the molecule is CCCCNC(=O)[C@@H](Cc1ccccc1)N(Cc1c(Cl)cccc1Cl)C(=O)CN(c1ccc(C)cc1)S(=O)(=O)c1ccc(F)cc1. The number of nitrogens with zero attached hydrogens (tertiary/aromatic N) is 2. The van der Waals surface area contributed by atoms with Gasteiger partial charge in [-0.15, -0.1) is 0 Å². The lowest BCUT2D eigenvalue weighted by Gasteiger charge is -2.34. The largest absolute Gasteiger partial charge is 0.354 e. The average Bonchev–Trinajstić information content (AvgIpc) is 3.04. The van der Waals surface area contributed by atoms with E-state index in [1.54, 1.807) is 42.5 Å². The Kier molecular flexibility index (Phi) is 12.2. The number of unbranched alkanes of at least 4 members (excludes halogenated alkanes) is 1. The monoisotopic (exact) mass is 683 g/mol. The quantitative estimate of drug-likeness (QED) is 0.143. The molecule has 7 nitrogen and oxygen atoms in total. The van der Waals surface area contributed by atoms with Crippen LogP contribution in [0.1, 0.15) is 36.5 Å². The summed E-state index contributed by atoms with van der Waals surface area (Å²) in [5.74, 6) is -1.65. The number of benzene rings is 4. The zero-order valence-electron chi connectivity index (χ0n) is 25.6. The summed E-state index contributed by atoms with van der Waals surface area (Å²) >= 11 is 13.1. The highest BCUT2D eigenvalue weighted by molar-refractivity contribution is 7.92. The Hall–Kier alpha value is -3.92. The maximum absolute atomic E-state index is 14.5. The van der Waals surface area contributed by atoms with Gasteiger partial charge in [-0.1, -0.05) is 90.6 Å². The Morgan fingerprint density at radius 1 is 0.870 bits per heavy atom. The van der Waals surface area contributed by atoms with Crippen LogP contribution in [0.3, 0.4) is 0 Å². The van der Waals surface area contributed by atoms with Crippen molar-refractivity contribution in [2.24, 2.45) is 0 Å². The zero-order chi connectivity index (χ0) is 33.3. The second-order valence-electron chi connectivity index (χ2n) is 10.9. The molecule has 2 amide bonds. The molecule has 0 aliphatic rings. The number of hydrogen-bond donors (Lipinski definition) is 1. The summed E-state index contributed by atoms with van der Waals surface area (Å²) in [4.78, 5) is 29.5. The summed E-state index contributed by atoms with van der Waals surface area (Å²) in [5.41, 5.74) is 2.33. The van der Waals surface area contributed by atoms with Crippen LogP contribution in [0.15, 0.2) is 102 Å². The molecular weight excluding hydrogens is 648 g/mol. The first kappa shape index (κ1) is 34.9. The van der Waals surface area contributed by atoms with E-state index >= 15 is 0 Å². The van der Waals surface area contributed by atoms with E-state index in [2.05, 4.69) is 5.32 Å². The van der Waals surface area contributed by atoms with E-state index in [1.165, 1.54) is 4.90 Å². The number of sulfonamides is 1. The first-order chi connectivity index (χ1) is 22.0. The molecule has 4 aromatic carbocycles. The summed E-state index contributed by atoms with van der Waals surface area (Å²) in [5, 5.41) is 3.53. The van der Waals surface area contributed by atoms with Gasteiger partial charge in [0, 0.05) is 35.1 Å². The smallest absolute Gasteiger partial charge is 0.264 e. The molecule has 4 rings (SSSR count). The fourth-order valence-corrected chi connectivity index (χ4v) is 6.82. The fourth-order valence-electron chi connectivity index (χ4n) is 4.89. The molecule has 0 aliphatic carbocycles. The van der Waals surface area contributed by atoms with Crippen LogP contribution in [-0.2, 0) is 32.6 Å². The molecule has 0 saturated heterocycles. The van der Waals surface area contributed by atoms with Gasteiger partial charge in [0.15, 0.2) is 0 Å². The van der Waals surface area contributed by atoms with Gasteiger partial charge in [-0.25, -0.2) is 12.8 Å². The first-order valence-electron chi connectivity index (χ1n) is 14.9. The number of anilines is 1. The molecule has 0 aromatic heterocycles. The molecule has 4 aromatic rings. The minimum atomic E-state index is -4.36. The van der Waals surface area contributed by atoms with Crippen molar-refractivity contribution in [2.75, 3.05) is 17.4 Å². The number of hydrogen-bond acceptors (Lipinski definition) is 4. The number of carbonyl (C=O) groups excluding carboxylic acids is 2. The van der Waals surface area contributed by atoms with E-state index in [9.17, 15) is 22.4 Å². The minimum absolute atomic E-state index is 0.155. The van der Waals surface area contributed by atoms with Gasteiger partial charge in [0.05, 0.1) is 10.6 Å². The molecule has 242 valence electrons. The van der Waals surface area contributed by atoms with Crippen molar-refractivity contribution in [1.29, 1.82) is 0 Å². The third-order valence-electron chi connectivity index (χ3n) is 7.49. The van der Waals surface area contributed by atoms with Crippen LogP contribution in [0.5, 0.6) is 0 Å². The Bertz CT molecular complexity index is 1720. The third-order valence-corrected chi connectivity index (χ3v) is 9.99. The van der Waals surface area contributed by atoms with Gasteiger partial charge in [0.25, 0.3) is 10.0 Å². The van der Waals surface area contributed by atoms with E-state index in [1.807, 2.05) is 44.2 Å².